The lowest BCUT2D eigenvalue weighted by Crippen LogP contribution is -2.63. The lowest BCUT2D eigenvalue weighted by Gasteiger charge is -2.34. The number of benzene rings is 3. The molecule has 1 fully saturated rings. The predicted molar refractivity (Wildman–Crippen MR) is 139 cm³/mol. The molecule has 162 valence electrons. The van der Waals surface area contributed by atoms with Gasteiger partial charge in [0, 0.05) is 36.8 Å². The average Bonchev–Trinajstić information content (AvgIpc) is 3.45. The molecule has 3 heteroatoms. The molecule has 3 aromatic rings. The van der Waals surface area contributed by atoms with Gasteiger partial charge in [0.1, 0.15) is 21.7 Å². The summed E-state index contributed by atoms with van der Waals surface area (Å²) in [5.41, 5.74) is 8.61. The molecule has 1 saturated heterocycles. The number of likely N-dealkylation sites (N-methyl/N-ethyl adjacent to an activating group) is 1. The Morgan fingerprint density at radius 2 is 1.66 bits per heavy atom. The van der Waals surface area contributed by atoms with Crippen LogP contribution in [-0.4, -0.2) is 34.8 Å². The Kier molecular flexibility index (Phi) is 4.48. The summed E-state index contributed by atoms with van der Waals surface area (Å²) < 4.78 is 2.45. The predicted octanol–water partition coefficient (Wildman–Crippen LogP) is 2.66. The molecule has 3 aliphatic rings. The molecule has 3 aromatic carbocycles. The van der Waals surface area contributed by atoms with Crippen molar-refractivity contribution in [2.24, 2.45) is 0 Å². The molecule has 0 unspecified atom stereocenters. The molecule has 0 N–H and O–H groups in total. The summed E-state index contributed by atoms with van der Waals surface area (Å²) in [6.45, 7) is 10.9. The Morgan fingerprint density at radius 1 is 0.875 bits per heavy atom. The van der Waals surface area contributed by atoms with E-state index in [-0.39, 0.29) is 0 Å². The van der Waals surface area contributed by atoms with Gasteiger partial charge in [-0.1, -0.05) is 43.4 Å². The second-order valence-corrected chi connectivity index (χ2v) is 14.8. The maximum absolute atomic E-state index is 2.59. The first-order chi connectivity index (χ1) is 15.4. The number of rotatable bonds is 2. The second-order valence-electron chi connectivity index (χ2n) is 10.4. The SMILES string of the molecule is Cc1ccccc1C1=c2cc3c(cc2[Si](C)(C)c2cc(N4CCCC4)ccc21)=[N+](C)CC3. The summed E-state index contributed by atoms with van der Waals surface area (Å²) in [6, 6.07) is 21.5. The summed E-state index contributed by atoms with van der Waals surface area (Å²) in [4.78, 5) is 2.59. The van der Waals surface area contributed by atoms with Crippen LogP contribution in [-0.2, 0) is 6.42 Å². The second kappa shape index (κ2) is 7.18. The summed E-state index contributed by atoms with van der Waals surface area (Å²) in [7, 11) is 0.398. The number of hydrogen-bond donors (Lipinski definition) is 0. The lowest BCUT2D eigenvalue weighted by atomic mass is 9.91. The van der Waals surface area contributed by atoms with E-state index in [2.05, 4.69) is 91.1 Å². The topological polar surface area (TPSA) is 6.25 Å². The Labute approximate surface area is 192 Å². The molecule has 0 spiro atoms. The van der Waals surface area contributed by atoms with E-state index < -0.39 is 8.07 Å². The van der Waals surface area contributed by atoms with E-state index in [4.69, 9.17) is 0 Å². The highest BCUT2D eigenvalue weighted by molar-refractivity contribution is 7.01. The van der Waals surface area contributed by atoms with Gasteiger partial charge in [-0.2, -0.15) is 0 Å². The highest BCUT2D eigenvalue weighted by Gasteiger charge is 2.37. The van der Waals surface area contributed by atoms with Gasteiger partial charge in [-0.05, 0) is 75.8 Å². The van der Waals surface area contributed by atoms with E-state index >= 15 is 0 Å². The van der Waals surface area contributed by atoms with Crippen LogP contribution in [0.15, 0.2) is 54.6 Å². The molecule has 0 radical (unpaired) electrons. The van der Waals surface area contributed by atoms with Crippen LogP contribution in [0.5, 0.6) is 0 Å². The monoisotopic (exact) mass is 437 g/mol. The lowest BCUT2D eigenvalue weighted by molar-refractivity contribution is 0.720. The Balaban J connectivity index is 1.72. The molecule has 0 atom stereocenters. The van der Waals surface area contributed by atoms with Crippen molar-refractivity contribution in [2.75, 3.05) is 31.6 Å². The number of aryl methyl sites for hydroxylation is 1. The quantitative estimate of drug-likeness (QED) is 0.441. The largest absolute Gasteiger partial charge is 0.372 e. The number of nitrogens with zero attached hydrogens (tertiary/aromatic N) is 2. The molecule has 3 aliphatic heterocycles. The van der Waals surface area contributed by atoms with Crippen LogP contribution in [0.2, 0.25) is 13.1 Å². The van der Waals surface area contributed by atoms with Crippen molar-refractivity contribution in [3.8, 4) is 0 Å². The zero-order chi connectivity index (χ0) is 22.0. The molecule has 0 aromatic heterocycles. The van der Waals surface area contributed by atoms with Crippen molar-refractivity contribution in [3.05, 3.63) is 87.4 Å². The standard InChI is InChI=1S/C29H33N2Si/c1-20-9-5-6-10-23(20)29-24-12-11-22(31-14-7-8-15-31)18-27(24)32(3,4)28-19-26-21(17-25(28)29)13-16-30(26)2/h5-6,9-12,17-19H,7-8,13-16H2,1-4H3/q+1. The van der Waals surface area contributed by atoms with Gasteiger partial charge in [0.15, 0.2) is 0 Å². The summed E-state index contributed by atoms with van der Waals surface area (Å²) in [5.74, 6) is 0. The average molecular weight is 438 g/mol. The van der Waals surface area contributed by atoms with E-state index in [0.717, 1.165) is 13.0 Å². The van der Waals surface area contributed by atoms with Gasteiger partial charge in [-0.15, -0.1) is 0 Å². The minimum absolute atomic E-state index is 1.13. The number of fused-ring (bicyclic) bond motifs is 3. The summed E-state index contributed by atoms with van der Waals surface area (Å²) in [6.07, 6.45) is 3.79. The van der Waals surface area contributed by atoms with E-state index in [1.54, 1.807) is 10.4 Å². The molecule has 6 rings (SSSR count). The van der Waals surface area contributed by atoms with E-state index in [0.29, 0.717) is 0 Å². The van der Waals surface area contributed by atoms with Crippen LogP contribution in [0.4, 0.5) is 5.69 Å². The molecule has 32 heavy (non-hydrogen) atoms. The highest BCUT2D eigenvalue weighted by atomic mass is 28.3. The summed E-state index contributed by atoms with van der Waals surface area (Å²) in [5, 5.41) is 6.15. The highest BCUT2D eigenvalue weighted by Crippen LogP contribution is 2.30. The number of hydrogen-bond acceptors (Lipinski definition) is 1. The van der Waals surface area contributed by atoms with Crippen LogP contribution < -0.4 is 30.4 Å². The third kappa shape index (κ3) is 2.87. The number of anilines is 1. The van der Waals surface area contributed by atoms with Crippen molar-refractivity contribution in [1.29, 1.82) is 0 Å². The minimum Gasteiger partial charge on any atom is -0.372 e. The third-order valence-corrected chi connectivity index (χ3v) is 11.6. The molecule has 0 amide bonds. The van der Waals surface area contributed by atoms with E-state index in [9.17, 15) is 0 Å². The van der Waals surface area contributed by atoms with Gasteiger partial charge in [0.2, 0.25) is 5.36 Å². The van der Waals surface area contributed by atoms with Crippen molar-refractivity contribution in [3.63, 3.8) is 0 Å². The Hall–Kier alpha value is -2.65. The van der Waals surface area contributed by atoms with Gasteiger partial charge < -0.3 is 4.90 Å². The van der Waals surface area contributed by atoms with Crippen LogP contribution in [0.3, 0.4) is 0 Å². The summed E-state index contributed by atoms with van der Waals surface area (Å²) >= 11 is 0. The van der Waals surface area contributed by atoms with Gasteiger partial charge >= 0.3 is 0 Å². The van der Waals surface area contributed by atoms with Crippen LogP contribution in [0, 0.1) is 6.92 Å². The molecular formula is C29H33N2Si+. The first-order valence-corrected chi connectivity index (χ1v) is 15.2. The molecular weight excluding hydrogens is 404 g/mol. The molecule has 0 bridgehead atoms. The Bertz CT molecular complexity index is 1380. The molecule has 0 aliphatic carbocycles. The van der Waals surface area contributed by atoms with Gasteiger partial charge in [-0.25, -0.2) is 4.58 Å². The van der Waals surface area contributed by atoms with Crippen LogP contribution in [0.25, 0.3) is 5.57 Å². The Morgan fingerprint density at radius 3 is 2.44 bits per heavy atom. The fraction of sp³-hybridized carbons (Fsp3) is 0.345. The smallest absolute Gasteiger partial charge is 0.203 e. The van der Waals surface area contributed by atoms with E-state index in [1.807, 2.05) is 0 Å². The van der Waals surface area contributed by atoms with Crippen LogP contribution in [0.1, 0.15) is 35.1 Å². The fourth-order valence-electron chi connectivity index (χ4n) is 6.19. The van der Waals surface area contributed by atoms with Gasteiger partial charge in [0.05, 0.1) is 0 Å². The maximum Gasteiger partial charge on any atom is 0.203 e. The first-order valence-electron chi connectivity index (χ1n) is 12.2. The van der Waals surface area contributed by atoms with Crippen LogP contribution >= 0.6 is 0 Å². The fourth-order valence-corrected chi connectivity index (χ4v) is 9.24. The molecule has 0 saturated carbocycles. The zero-order valence-electron chi connectivity index (χ0n) is 19.8. The zero-order valence-corrected chi connectivity index (χ0v) is 20.8. The van der Waals surface area contributed by atoms with Gasteiger partial charge in [-0.3, -0.25) is 0 Å². The first kappa shape index (κ1) is 20.0. The molecule has 3 heterocycles. The van der Waals surface area contributed by atoms with Crippen molar-refractivity contribution in [2.45, 2.75) is 39.3 Å². The van der Waals surface area contributed by atoms with E-state index in [1.165, 1.54) is 70.0 Å². The van der Waals surface area contributed by atoms with Crippen molar-refractivity contribution in [1.82, 2.24) is 4.58 Å². The third-order valence-electron chi connectivity index (χ3n) is 8.12. The molecule has 2 nitrogen and oxygen atoms in total. The maximum atomic E-state index is 2.59. The minimum atomic E-state index is -1.85. The van der Waals surface area contributed by atoms with Crippen molar-refractivity contribution < 1.29 is 0 Å². The van der Waals surface area contributed by atoms with Gasteiger partial charge in [0.25, 0.3) is 0 Å². The van der Waals surface area contributed by atoms with Crippen molar-refractivity contribution >= 4 is 29.7 Å². The normalized spacial score (nSPS) is 18.6.